The molecule has 2 aromatic heterocycles. The maximum atomic E-state index is 13.5. The molecule has 1 fully saturated rings. The number of fused-ring (bicyclic) bond motifs is 3. The van der Waals surface area contributed by atoms with Crippen LogP contribution in [-0.2, 0) is 24.1 Å². The Labute approximate surface area is 215 Å². The smallest absolute Gasteiger partial charge is 0.262 e. The summed E-state index contributed by atoms with van der Waals surface area (Å²) < 4.78 is 7.21. The minimum absolute atomic E-state index is 0.0846. The lowest BCUT2D eigenvalue weighted by Gasteiger charge is -2.28. The van der Waals surface area contributed by atoms with Crippen LogP contribution in [0.4, 0.5) is 0 Å². The number of nitrogens with zero attached hydrogens (tertiary/aromatic N) is 3. The molecular formula is C29H32N4O2S. The largest absolute Gasteiger partial charge is 0.379 e. The van der Waals surface area contributed by atoms with Crippen LogP contribution in [0.15, 0.2) is 65.7 Å². The van der Waals surface area contributed by atoms with Crippen molar-refractivity contribution in [2.24, 2.45) is 0 Å². The molecule has 36 heavy (non-hydrogen) atoms. The lowest BCUT2D eigenvalue weighted by atomic mass is 9.93. The quantitative estimate of drug-likeness (QED) is 0.416. The van der Waals surface area contributed by atoms with Crippen molar-refractivity contribution in [3.63, 3.8) is 0 Å². The van der Waals surface area contributed by atoms with Crippen molar-refractivity contribution >= 4 is 21.6 Å². The van der Waals surface area contributed by atoms with Crippen LogP contribution in [0.5, 0.6) is 0 Å². The highest BCUT2D eigenvalue weighted by molar-refractivity contribution is 7.18. The molecule has 7 heteroatoms. The van der Waals surface area contributed by atoms with Gasteiger partial charge in [0.05, 0.1) is 31.5 Å². The molecule has 1 aliphatic carbocycles. The van der Waals surface area contributed by atoms with Crippen LogP contribution < -0.4 is 10.9 Å². The molecule has 2 aromatic carbocycles. The fourth-order valence-corrected chi connectivity index (χ4v) is 6.67. The summed E-state index contributed by atoms with van der Waals surface area (Å²) in [6.07, 6.45) is 4.71. The predicted molar refractivity (Wildman–Crippen MR) is 146 cm³/mol. The van der Waals surface area contributed by atoms with Gasteiger partial charge in [-0.3, -0.25) is 14.3 Å². The molecule has 0 amide bonds. The summed E-state index contributed by atoms with van der Waals surface area (Å²) in [6, 6.07) is 19.2. The first kappa shape index (κ1) is 23.6. The molecule has 6 nitrogen and oxygen atoms in total. The topological polar surface area (TPSA) is 59.4 Å². The Kier molecular flexibility index (Phi) is 6.96. The van der Waals surface area contributed by atoms with E-state index < -0.39 is 0 Å². The van der Waals surface area contributed by atoms with E-state index in [-0.39, 0.29) is 5.56 Å². The Morgan fingerprint density at radius 3 is 2.75 bits per heavy atom. The van der Waals surface area contributed by atoms with Gasteiger partial charge < -0.3 is 10.1 Å². The van der Waals surface area contributed by atoms with Crippen molar-refractivity contribution in [3.8, 4) is 11.1 Å². The molecule has 2 aliphatic rings. The Morgan fingerprint density at radius 2 is 1.89 bits per heavy atom. The van der Waals surface area contributed by atoms with Gasteiger partial charge in [0.15, 0.2) is 0 Å². The second-order valence-electron chi connectivity index (χ2n) is 9.78. The van der Waals surface area contributed by atoms with E-state index in [4.69, 9.17) is 9.72 Å². The number of morpholine rings is 1. The number of thiophene rings is 1. The van der Waals surface area contributed by atoms with Crippen molar-refractivity contribution in [2.75, 3.05) is 39.4 Å². The Morgan fingerprint density at radius 1 is 1.06 bits per heavy atom. The molecule has 1 saturated heterocycles. The van der Waals surface area contributed by atoms with E-state index in [1.54, 1.807) is 22.2 Å². The van der Waals surface area contributed by atoms with Crippen LogP contribution in [-0.4, -0.2) is 59.9 Å². The van der Waals surface area contributed by atoms with Crippen molar-refractivity contribution in [3.05, 3.63) is 87.3 Å². The lowest BCUT2D eigenvalue weighted by molar-refractivity contribution is 0.0381. The van der Waals surface area contributed by atoms with Crippen LogP contribution >= 0.6 is 11.3 Å². The summed E-state index contributed by atoms with van der Waals surface area (Å²) >= 11 is 1.70. The van der Waals surface area contributed by atoms with Gasteiger partial charge in [0.1, 0.15) is 4.83 Å². The van der Waals surface area contributed by atoms with Crippen LogP contribution in [0.3, 0.4) is 0 Å². The highest BCUT2D eigenvalue weighted by atomic mass is 32.1. The number of hydrogen-bond donors (Lipinski definition) is 1. The average Bonchev–Trinajstić information content (AvgIpc) is 3.30. The second kappa shape index (κ2) is 10.6. The first-order chi connectivity index (χ1) is 17.7. The zero-order chi connectivity index (χ0) is 24.3. The normalized spacial score (nSPS) is 18.4. The second-order valence-corrected chi connectivity index (χ2v) is 10.9. The van der Waals surface area contributed by atoms with E-state index in [0.29, 0.717) is 12.6 Å². The summed E-state index contributed by atoms with van der Waals surface area (Å²) in [4.78, 5) is 22.9. The van der Waals surface area contributed by atoms with Gasteiger partial charge in [-0.2, -0.15) is 0 Å². The van der Waals surface area contributed by atoms with Gasteiger partial charge in [0.25, 0.3) is 5.56 Å². The molecule has 1 unspecified atom stereocenters. The summed E-state index contributed by atoms with van der Waals surface area (Å²) in [5, 5.41) is 4.59. The molecule has 0 spiro atoms. The van der Waals surface area contributed by atoms with E-state index in [9.17, 15) is 4.79 Å². The zero-order valence-electron chi connectivity index (χ0n) is 20.5. The molecule has 3 heterocycles. The van der Waals surface area contributed by atoms with E-state index in [0.717, 1.165) is 80.0 Å². The summed E-state index contributed by atoms with van der Waals surface area (Å²) in [7, 11) is 0. The van der Waals surface area contributed by atoms with Crippen molar-refractivity contribution < 1.29 is 4.74 Å². The zero-order valence-corrected chi connectivity index (χ0v) is 21.3. The maximum absolute atomic E-state index is 13.5. The summed E-state index contributed by atoms with van der Waals surface area (Å²) in [5.41, 5.74) is 4.76. The Bertz CT molecular complexity index is 1390. The number of benzene rings is 2. The monoisotopic (exact) mass is 500 g/mol. The third kappa shape index (κ3) is 5.02. The molecule has 0 radical (unpaired) electrons. The Balaban J connectivity index is 1.17. The summed E-state index contributed by atoms with van der Waals surface area (Å²) in [5.74, 6) is 0. The third-order valence-electron chi connectivity index (χ3n) is 7.39. The number of nitrogens with one attached hydrogen (secondary N) is 1. The molecule has 1 aliphatic heterocycles. The molecule has 1 atom stereocenters. The number of hydrogen-bond acceptors (Lipinski definition) is 6. The number of rotatable bonds is 7. The fraction of sp³-hybridized carbons (Fsp3) is 0.379. The first-order valence-electron chi connectivity index (χ1n) is 12.9. The number of aromatic nitrogens is 2. The third-order valence-corrected chi connectivity index (χ3v) is 8.55. The maximum Gasteiger partial charge on any atom is 0.262 e. The SMILES string of the molecule is O=c1c2c3c(sc2ncn1Cc1cccc(-c2ccccc2)c1)CC(NCCN1CCOCC1)CC3. The number of aryl methyl sites for hydroxylation is 1. The van der Waals surface area contributed by atoms with Crippen molar-refractivity contribution in [1.29, 1.82) is 0 Å². The standard InChI is InChI=1S/C29H32N4O2S/c34-29-27-25-10-9-24(30-11-12-32-13-15-35-16-14-32)18-26(25)36-28(27)31-20-33(29)19-21-5-4-8-23(17-21)22-6-2-1-3-7-22/h1-8,17,20,24,30H,9-16,18-19H2. The van der Waals surface area contributed by atoms with Gasteiger partial charge in [0.2, 0.25) is 0 Å². The summed E-state index contributed by atoms with van der Waals surface area (Å²) in [6.45, 7) is 6.34. The van der Waals surface area contributed by atoms with Gasteiger partial charge in [0, 0.05) is 37.1 Å². The molecule has 186 valence electrons. The van der Waals surface area contributed by atoms with Crippen LogP contribution in [0.1, 0.15) is 22.4 Å². The minimum Gasteiger partial charge on any atom is -0.379 e. The fourth-order valence-electron chi connectivity index (χ4n) is 5.42. The molecule has 6 rings (SSSR count). The molecule has 1 N–H and O–H groups in total. The predicted octanol–water partition coefficient (Wildman–Crippen LogP) is 3.95. The van der Waals surface area contributed by atoms with Crippen molar-refractivity contribution in [1.82, 2.24) is 19.8 Å². The van der Waals surface area contributed by atoms with Crippen LogP contribution in [0.2, 0.25) is 0 Å². The van der Waals surface area contributed by atoms with Gasteiger partial charge in [-0.1, -0.05) is 48.5 Å². The number of ether oxygens (including phenoxy) is 1. The van der Waals surface area contributed by atoms with Crippen LogP contribution in [0.25, 0.3) is 21.3 Å². The van der Waals surface area contributed by atoms with Gasteiger partial charge >= 0.3 is 0 Å². The van der Waals surface area contributed by atoms with Crippen LogP contribution in [0, 0.1) is 0 Å². The van der Waals surface area contributed by atoms with E-state index in [2.05, 4.69) is 46.6 Å². The van der Waals surface area contributed by atoms with Gasteiger partial charge in [-0.25, -0.2) is 4.98 Å². The van der Waals surface area contributed by atoms with E-state index >= 15 is 0 Å². The highest BCUT2D eigenvalue weighted by Gasteiger charge is 2.25. The van der Waals surface area contributed by atoms with Gasteiger partial charge in [-0.05, 0) is 47.6 Å². The average molecular weight is 501 g/mol. The van der Waals surface area contributed by atoms with E-state index in [1.165, 1.54) is 16.0 Å². The van der Waals surface area contributed by atoms with Crippen molar-refractivity contribution in [2.45, 2.75) is 31.8 Å². The lowest BCUT2D eigenvalue weighted by Crippen LogP contribution is -2.43. The first-order valence-corrected chi connectivity index (χ1v) is 13.7. The molecule has 0 saturated carbocycles. The molecular weight excluding hydrogens is 468 g/mol. The molecule has 4 aromatic rings. The van der Waals surface area contributed by atoms with Gasteiger partial charge in [-0.15, -0.1) is 11.3 Å². The Hall–Kier alpha value is -2.84. The molecule has 0 bridgehead atoms. The minimum atomic E-state index is 0.0846. The highest BCUT2D eigenvalue weighted by Crippen LogP contribution is 2.33. The van der Waals surface area contributed by atoms with E-state index in [1.807, 2.05) is 18.2 Å².